The lowest BCUT2D eigenvalue weighted by atomic mass is 9.90. The lowest BCUT2D eigenvalue weighted by molar-refractivity contribution is -0.141. The van der Waals surface area contributed by atoms with Crippen molar-refractivity contribution in [1.82, 2.24) is 0 Å². The fourth-order valence-corrected chi connectivity index (χ4v) is 2.05. The number of esters is 1. The number of carbonyl (C=O) groups excluding carboxylic acids is 1. The molecule has 74 valence electrons. The molecule has 3 unspecified atom stereocenters. The van der Waals surface area contributed by atoms with E-state index in [1.165, 1.54) is 0 Å². The third-order valence-electron chi connectivity index (χ3n) is 2.70. The van der Waals surface area contributed by atoms with Crippen LogP contribution in [0.2, 0.25) is 0 Å². The number of rotatable bonds is 3. The number of fused-ring (bicyclic) bond motifs is 1. The molecule has 0 bridgehead atoms. The molecule has 13 heavy (non-hydrogen) atoms. The summed E-state index contributed by atoms with van der Waals surface area (Å²) in [5.74, 6) is 0.352. The Morgan fingerprint density at radius 3 is 3.00 bits per heavy atom. The number of hydrogen-bond donors (Lipinski definition) is 0. The lowest BCUT2D eigenvalue weighted by Gasteiger charge is -2.17. The molecule has 2 aliphatic rings. The topological polar surface area (TPSA) is 38.8 Å². The second kappa shape index (κ2) is 3.96. The zero-order valence-corrected chi connectivity index (χ0v) is 8.96. The summed E-state index contributed by atoms with van der Waals surface area (Å²) < 4.78 is 10.4. The average Bonchev–Trinajstić information content (AvgIpc) is 2.91. The zero-order valence-electron chi connectivity index (χ0n) is 7.37. The Hall–Kier alpha value is -0.0900. The van der Waals surface area contributed by atoms with Crippen molar-refractivity contribution in [3.05, 3.63) is 0 Å². The molecule has 0 radical (unpaired) electrons. The average molecular weight is 249 g/mol. The Balaban J connectivity index is 1.66. The molecule has 1 heterocycles. The van der Waals surface area contributed by atoms with E-state index in [-0.39, 0.29) is 5.97 Å². The fourth-order valence-electron chi connectivity index (χ4n) is 1.89. The van der Waals surface area contributed by atoms with Gasteiger partial charge >= 0.3 is 5.97 Å². The molecule has 0 spiro atoms. The molecule has 1 saturated heterocycles. The Bertz CT molecular complexity index is 207. The van der Waals surface area contributed by atoms with Gasteiger partial charge in [0.25, 0.3) is 0 Å². The minimum Gasteiger partial charge on any atom is -0.465 e. The van der Waals surface area contributed by atoms with Crippen molar-refractivity contribution in [2.24, 2.45) is 5.92 Å². The maximum atomic E-state index is 10.8. The maximum absolute atomic E-state index is 10.8. The van der Waals surface area contributed by atoms with E-state index in [1.54, 1.807) is 0 Å². The largest absolute Gasteiger partial charge is 0.465 e. The Morgan fingerprint density at radius 2 is 2.31 bits per heavy atom. The zero-order chi connectivity index (χ0) is 9.26. The highest BCUT2D eigenvalue weighted by Crippen LogP contribution is 2.39. The summed E-state index contributed by atoms with van der Waals surface area (Å²) in [7, 11) is 0. The molecule has 1 saturated carbocycles. The molecule has 3 atom stereocenters. The monoisotopic (exact) mass is 248 g/mol. The molecule has 3 nitrogen and oxygen atoms in total. The third kappa shape index (κ3) is 2.44. The van der Waals surface area contributed by atoms with Crippen LogP contribution in [0.4, 0.5) is 0 Å². The van der Waals surface area contributed by atoms with Crippen molar-refractivity contribution >= 4 is 21.9 Å². The normalized spacial score (nSPS) is 36.5. The second-order valence-corrected chi connectivity index (χ2v) is 4.27. The van der Waals surface area contributed by atoms with E-state index in [4.69, 9.17) is 9.47 Å². The lowest BCUT2D eigenvalue weighted by Crippen LogP contribution is -2.20. The van der Waals surface area contributed by atoms with Crippen LogP contribution in [-0.4, -0.2) is 30.1 Å². The van der Waals surface area contributed by atoms with Gasteiger partial charge in [-0.1, -0.05) is 15.9 Å². The van der Waals surface area contributed by atoms with Crippen molar-refractivity contribution in [2.45, 2.75) is 31.5 Å². The minimum absolute atomic E-state index is 0.168. The first-order valence-corrected chi connectivity index (χ1v) is 5.79. The number of alkyl halides is 1. The van der Waals surface area contributed by atoms with Crippen molar-refractivity contribution in [3.8, 4) is 0 Å². The van der Waals surface area contributed by atoms with Crippen molar-refractivity contribution < 1.29 is 14.3 Å². The number of carbonyl (C=O) groups is 1. The predicted octanol–water partition coefficient (Wildman–Crippen LogP) is 1.49. The van der Waals surface area contributed by atoms with Gasteiger partial charge < -0.3 is 9.47 Å². The Kier molecular flexibility index (Phi) is 2.89. The maximum Gasteiger partial charge on any atom is 0.316 e. The molecule has 4 heteroatoms. The highest BCUT2D eigenvalue weighted by Gasteiger charge is 2.43. The first kappa shape index (κ1) is 9.46. The van der Waals surface area contributed by atoms with Crippen LogP contribution < -0.4 is 0 Å². The fraction of sp³-hybridized carbons (Fsp3) is 0.889. The van der Waals surface area contributed by atoms with Gasteiger partial charge in [0.2, 0.25) is 0 Å². The molecular formula is C9H13BrO3. The summed E-state index contributed by atoms with van der Waals surface area (Å²) in [5.41, 5.74) is 0. The predicted molar refractivity (Wildman–Crippen MR) is 50.8 cm³/mol. The highest BCUT2D eigenvalue weighted by molar-refractivity contribution is 9.09. The van der Waals surface area contributed by atoms with E-state index in [2.05, 4.69) is 15.9 Å². The van der Waals surface area contributed by atoms with Crippen molar-refractivity contribution in [1.29, 1.82) is 0 Å². The third-order valence-corrected chi connectivity index (χ3v) is 3.16. The molecular weight excluding hydrogens is 236 g/mol. The van der Waals surface area contributed by atoms with Gasteiger partial charge in [0.15, 0.2) is 0 Å². The second-order valence-electron chi connectivity index (χ2n) is 3.71. The van der Waals surface area contributed by atoms with Gasteiger partial charge in [-0.2, -0.15) is 0 Å². The molecule has 1 aliphatic heterocycles. The van der Waals surface area contributed by atoms with Crippen LogP contribution in [0.1, 0.15) is 19.3 Å². The molecule has 2 fully saturated rings. The van der Waals surface area contributed by atoms with E-state index in [0.717, 1.165) is 19.3 Å². The van der Waals surface area contributed by atoms with Gasteiger partial charge in [-0.05, 0) is 25.2 Å². The minimum atomic E-state index is -0.168. The number of halogens is 1. The van der Waals surface area contributed by atoms with Gasteiger partial charge in [0.05, 0.1) is 18.8 Å². The molecule has 0 aromatic rings. The van der Waals surface area contributed by atoms with Crippen LogP contribution in [-0.2, 0) is 14.3 Å². The van der Waals surface area contributed by atoms with Crippen molar-refractivity contribution in [3.63, 3.8) is 0 Å². The van der Waals surface area contributed by atoms with Crippen LogP contribution >= 0.6 is 15.9 Å². The van der Waals surface area contributed by atoms with Crippen molar-refractivity contribution in [2.75, 3.05) is 11.9 Å². The molecule has 0 amide bonds. The van der Waals surface area contributed by atoms with E-state index >= 15 is 0 Å². The first-order valence-electron chi connectivity index (χ1n) is 4.66. The molecule has 1 aliphatic carbocycles. The van der Waals surface area contributed by atoms with Gasteiger partial charge in [-0.25, -0.2) is 0 Å². The van der Waals surface area contributed by atoms with Gasteiger partial charge in [-0.3, -0.25) is 4.79 Å². The summed E-state index contributed by atoms with van der Waals surface area (Å²) >= 11 is 3.06. The summed E-state index contributed by atoms with van der Waals surface area (Å²) in [4.78, 5) is 10.8. The smallest absolute Gasteiger partial charge is 0.316 e. The van der Waals surface area contributed by atoms with Crippen LogP contribution in [0.25, 0.3) is 0 Å². The SMILES string of the molecule is O=C(CBr)OCC1CCC2OC2C1. The molecule has 2 rings (SSSR count). The summed E-state index contributed by atoms with van der Waals surface area (Å²) in [6.45, 7) is 0.566. The van der Waals surface area contributed by atoms with Gasteiger partial charge in [0, 0.05) is 0 Å². The Morgan fingerprint density at radius 1 is 1.46 bits per heavy atom. The van der Waals surface area contributed by atoms with Crippen LogP contribution in [0.15, 0.2) is 0 Å². The van der Waals surface area contributed by atoms with E-state index in [0.29, 0.717) is 30.1 Å². The molecule has 0 aromatic heterocycles. The summed E-state index contributed by atoms with van der Waals surface area (Å²) in [6, 6.07) is 0. The van der Waals surface area contributed by atoms with E-state index in [1.807, 2.05) is 0 Å². The van der Waals surface area contributed by atoms with Crippen LogP contribution in [0, 0.1) is 5.92 Å². The summed E-state index contributed by atoms with van der Waals surface area (Å²) in [6.07, 6.45) is 4.35. The molecule has 0 N–H and O–H groups in total. The highest BCUT2D eigenvalue weighted by atomic mass is 79.9. The standard InChI is InChI=1S/C9H13BrO3/c10-4-9(11)12-5-6-1-2-7-8(3-6)13-7/h6-8H,1-5H2. The number of epoxide rings is 1. The number of hydrogen-bond acceptors (Lipinski definition) is 3. The van der Waals surface area contributed by atoms with E-state index < -0.39 is 0 Å². The first-order chi connectivity index (χ1) is 6.29. The van der Waals surface area contributed by atoms with Gasteiger partial charge in [0.1, 0.15) is 5.33 Å². The van der Waals surface area contributed by atoms with E-state index in [9.17, 15) is 4.79 Å². The number of ether oxygens (including phenoxy) is 2. The molecule has 0 aromatic carbocycles. The quantitative estimate of drug-likeness (QED) is 0.432. The van der Waals surface area contributed by atoms with Crippen LogP contribution in [0.3, 0.4) is 0 Å². The van der Waals surface area contributed by atoms with Gasteiger partial charge in [-0.15, -0.1) is 0 Å². The summed E-state index contributed by atoms with van der Waals surface area (Å²) in [5, 5.41) is 0.294. The van der Waals surface area contributed by atoms with Crippen LogP contribution in [0.5, 0.6) is 0 Å². The Labute approximate surface area is 85.9 Å².